The van der Waals surface area contributed by atoms with Crippen LogP contribution in [-0.2, 0) is 0 Å². The maximum absolute atomic E-state index is 5.81. The molecule has 0 saturated carbocycles. The van der Waals surface area contributed by atoms with Crippen LogP contribution in [0.25, 0.3) is 11.5 Å². The Balaban J connectivity index is 0.000001000. The van der Waals surface area contributed by atoms with Gasteiger partial charge in [-0.15, -0.1) is 24.8 Å². The highest BCUT2D eigenvalue weighted by atomic mass is 35.5. The van der Waals surface area contributed by atoms with Crippen LogP contribution in [-0.4, -0.2) is 33.3 Å². The maximum atomic E-state index is 5.81. The van der Waals surface area contributed by atoms with Crippen LogP contribution in [0.5, 0.6) is 0 Å². The summed E-state index contributed by atoms with van der Waals surface area (Å²) >= 11 is 5.81. The van der Waals surface area contributed by atoms with Crippen LogP contribution in [0.4, 0.5) is 0 Å². The van der Waals surface area contributed by atoms with Crippen LogP contribution in [0, 0.1) is 0 Å². The molecule has 2 N–H and O–H groups in total. The van der Waals surface area contributed by atoms with Gasteiger partial charge >= 0.3 is 0 Å². The highest BCUT2D eigenvalue weighted by molar-refractivity contribution is 6.30. The Bertz CT molecular complexity index is 522. The monoisotopic (exact) mass is 335 g/mol. The first-order valence-electron chi connectivity index (χ1n) is 6.08. The summed E-state index contributed by atoms with van der Waals surface area (Å²) in [6.45, 7) is 2.08. The van der Waals surface area contributed by atoms with E-state index in [0.29, 0.717) is 16.8 Å². The van der Waals surface area contributed by atoms with Crippen LogP contribution >= 0.6 is 36.4 Å². The molecule has 0 radical (unpaired) electrons. The van der Waals surface area contributed by atoms with Crippen LogP contribution < -0.4 is 5.32 Å². The fourth-order valence-electron chi connectivity index (χ4n) is 2.17. The molecular formula is C12H16Cl3N5. The minimum absolute atomic E-state index is 0. The highest BCUT2D eigenvalue weighted by Gasteiger charge is 2.19. The summed E-state index contributed by atoms with van der Waals surface area (Å²) in [7, 11) is 0. The molecule has 2 aromatic heterocycles. The molecule has 3 heterocycles. The fraction of sp³-hybridized carbons (Fsp3) is 0.417. The molecule has 0 aromatic carbocycles. The van der Waals surface area contributed by atoms with Gasteiger partial charge < -0.3 is 5.32 Å². The third-order valence-corrected chi connectivity index (χ3v) is 3.41. The third-order valence-electron chi connectivity index (χ3n) is 3.19. The molecule has 2 aromatic rings. The van der Waals surface area contributed by atoms with Crippen molar-refractivity contribution in [2.45, 2.75) is 18.8 Å². The molecule has 1 fully saturated rings. The standard InChI is InChI=1S/C12H14ClN5.2ClH/c13-9-1-2-10(15-7-9)12-16-11(17-18-12)8-3-5-14-6-4-8;;/h1-2,7-8,14H,3-6H2,(H,16,17,18);2*1H. The van der Waals surface area contributed by atoms with Crippen molar-refractivity contribution in [2.24, 2.45) is 0 Å². The van der Waals surface area contributed by atoms with E-state index in [0.717, 1.165) is 37.4 Å². The Morgan fingerprint density at radius 1 is 1.15 bits per heavy atom. The average Bonchev–Trinajstić information content (AvgIpc) is 2.90. The van der Waals surface area contributed by atoms with Crippen LogP contribution in [0.15, 0.2) is 18.3 Å². The molecule has 0 aliphatic carbocycles. The number of piperidine rings is 1. The summed E-state index contributed by atoms with van der Waals surface area (Å²) in [5.41, 5.74) is 0.746. The number of aromatic amines is 1. The molecule has 20 heavy (non-hydrogen) atoms. The quantitative estimate of drug-likeness (QED) is 0.885. The van der Waals surface area contributed by atoms with Gasteiger partial charge in [-0.1, -0.05) is 11.6 Å². The van der Waals surface area contributed by atoms with Crippen molar-refractivity contribution in [3.8, 4) is 11.5 Å². The van der Waals surface area contributed by atoms with Crippen molar-refractivity contribution in [1.82, 2.24) is 25.5 Å². The van der Waals surface area contributed by atoms with E-state index in [-0.39, 0.29) is 24.8 Å². The summed E-state index contributed by atoms with van der Waals surface area (Å²) in [5.74, 6) is 2.07. The molecule has 1 aliphatic heterocycles. The van der Waals surface area contributed by atoms with Crippen LogP contribution in [0.2, 0.25) is 5.02 Å². The van der Waals surface area contributed by atoms with Crippen molar-refractivity contribution in [3.63, 3.8) is 0 Å². The van der Waals surface area contributed by atoms with Crippen molar-refractivity contribution in [2.75, 3.05) is 13.1 Å². The number of rotatable bonds is 2. The van der Waals surface area contributed by atoms with Gasteiger partial charge in [0.1, 0.15) is 11.5 Å². The molecule has 8 heteroatoms. The Kier molecular flexibility index (Phi) is 6.68. The second kappa shape index (κ2) is 7.78. The van der Waals surface area contributed by atoms with Gasteiger partial charge in [-0.3, -0.25) is 10.1 Å². The van der Waals surface area contributed by atoms with Gasteiger partial charge in [0.15, 0.2) is 5.82 Å². The number of nitrogens with one attached hydrogen (secondary N) is 2. The lowest BCUT2D eigenvalue weighted by atomic mass is 9.98. The van der Waals surface area contributed by atoms with Crippen LogP contribution in [0.1, 0.15) is 24.6 Å². The van der Waals surface area contributed by atoms with Gasteiger partial charge in [0.05, 0.1) is 5.02 Å². The second-order valence-electron chi connectivity index (χ2n) is 4.43. The molecule has 0 spiro atoms. The zero-order chi connectivity index (χ0) is 12.4. The van der Waals surface area contributed by atoms with Crippen molar-refractivity contribution >= 4 is 36.4 Å². The zero-order valence-electron chi connectivity index (χ0n) is 10.7. The van der Waals surface area contributed by atoms with E-state index in [1.165, 1.54) is 0 Å². The highest BCUT2D eigenvalue weighted by Crippen LogP contribution is 2.23. The lowest BCUT2D eigenvalue weighted by Gasteiger charge is -2.19. The van der Waals surface area contributed by atoms with Crippen molar-refractivity contribution < 1.29 is 0 Å². The number of halogens is 3. The smallest absolute Gasteiger partial charge is 0.199 e. The predicted molar refractivity (Wildman–Crippen MR) is 84.0 cm³/mol. The van der Waals surface area contributed by atoms with Gasteiger partial charge in [0, 0.05) is 12.1 Å². The number of hydrogen-bond donors (Lipinski definition) is 2. The zero-order valence-corrected chi connectivity index (χ0v) is 13.1. The van der Waals surface area contributed by atoms with Gasteiger partial charge in [0.25, 0.3) is 0 Å². The number of aromatic nitrogens is 4. The molecule has 3 rings (SSSR count). The molecule has 5 nitrogen and oxygen atoms in total. The molecule has 0 atom stereocenters. The molecule has 110 valence electrons. The first kappa shape index (κ1) is 17.2. The number of nitrogens with zero attached hydrogens (tertiary/aromatic N) is 3. The largest absolute Gasteiger partial charge is 0.317 e. The van der Waals surface area contributed by atoms with E-state index in [4.69, 9.17) is 11.6 Å². The Labute approximate surface area is 134 Å². The second-order valence-corrected chi connectivity index (χ2v) is 4.87. The summed E-state index contributed by atoms with van der Waals surface area (Å²) < 4.78 is 0. The van der Waals surface area contributed by atoms with Gasteiger partial charge in [-0.25, -0.2) is 4.98 Å². The topological polar surface area (TPSA) is 66.5 Å². The van der Waals surface area contributed by atoms with Crippen LogP contribution in [0.3, 0.4) is 0 Å². The van der Waals surface area contributed by atoms with E-state index in [9.17, 15) is 0 Å². The van der Waals surface area contributed by atoms with Gasteiger partial charge in [-0.05, 0) is 38.1 Å². The normalized spacial score (nSPS) is 15.2. The number of H-pyrrole nitrogens is 1. The average molecular weight is 337 g/mol. The maximum Gasteiger partial charge on any atom is 0.199 e. The van der Waals surface area contributed by atoms with Crippen molar-refractivity contribution in [1.29, 1.82) is 0 Å². The minimum atomic E-state index is 0. The molecule has 0 bridgehead atoms. The Morgan fingerprint density at radius 2 is 1.90 bits per heavy atom. The van der Waals surface area contributed by atoms with E-state index < -0.39 is 0 Å². The molecule has 0 unspecified atom stereocenters. The van der Waals surface area contributed by atoms with E-state index in [1.807, 2.05) is 6.07 Å². The molecule has 1 aliphatic rings. The number of pyridine rings is 1. The number of hydrogen-bond acceptors (Lipinski definition) is 4. The first-order valence-corrected chi connectivity index (χ1v) is 6.45. The van der Waals surface area contributed by atoms with Gasteiger partial charge in [0.2, 0.25) is 0 Å². The molecule has 0 amide bonds. The predicted octanol–water partition coefficient (Wildman–Crippen LogP) is 2.83. The van der Waals surface area contributed by atoms with E-state index in [1.54, 1.807) is 12.3 Å². The minimum Gasteiger partial charge on any atom is -0.317 e. The Morgan fingerprint density at radius 3 is 2.55 bits per heavy atom. The molecule has 1 saturated heterocycles. The van der Waals surface area contributed by atoms with Gasteiger partial charge in [-0.2, -0.15) is 5.10 Å². The summed E-state index contributed by atoms with van der Waals surface area (Å²) in [4.78, 5) is 8.75. The third kappa shape index (κ3) is 3.82. The summed E-state index contributed by atoms with van der Waals surface area (Å²) in [5, 5.41) is 11.2. The summed E-state index contributed by atoms with van der Waals surface area (Å²) in [6, 6.07) is 3.63. The molecular weight excluding hydrogens is 321 g/mol. The van der Waals surface area contributed by atoms with Crippen molar-refractivity contribution in [3.05, 3.63) is 29.2 Å². The van der Waals surface area contributed by atoms with E-state index >= 15 is 0 Å². The summed E-state index contributed by atoms with van der Waals surface area (Å²) in [6.07, 6.45) is 3.81. The SMILES string of the molecule is Cl.Cl.Clc1ccc(-c2n[nH]c(C3CCNCC3)n2)nc1. The lowest BCUT2D eigenvalue weighted by molar-refractivity contribution is 0.446. The fourth-order valence-corrected chi connectivity index (χ4v) is 2.29. The van der Waals surface area contributed by atoms with E-state index in [2.05, 4.69) is 25.5 Å². The first-order chi connectivity index (χ1) is 8.83. The lowest BCUT2D eigenvalue weighted by Crippen LogP contribution is -2.27. The Hall–Kier alpha value is -0.880.